The molecule has 0 N–H and O–H groups in total. The number of carbonyl (C=O) groups is 3. The Morgan fingerprint density at radius 1 is 1.00 bits per heavy atom. The normalized spacial score (nSPS) is 18.8. The van der Waals surface area contributed by atoms with E-state index in [1.54, 1.807) is 23.6 Å². The summed E-state index contributed by atoms with van der Waals surface area (Å²) in [6.07, 6.45) is 0. The average Bonchev–Trinajstić information content (AvgIpc) is 3.46. The van der Waals surface area contributed by atoms with Crippen molar-refractivity contribution < 1.29 is 23.2 Å². The van der Waals surface area contributed by atoms with E-state index in [1.807, 2.05) is 0 Å². The molecule has 2 atom stereocenters. The van der Waals surface area contributed by atoms with Crippen LogP contribution in [0.3, 0.4) is 0 Å². The minimum Gasteiger partial charge on any atom is -0.292 e. The largest absolute Gasteiger partial charge is 0.297 e. The highest BCUT2D eigenvalue weighted by Gasteiger charge is 2.53. The van der Waals surface area contributed by atoms with Crippen LogP contribution in [0, 0.1) is 17.6 Å². The van der Waals surface area contributed by atoms with Crippen LogP contribution in [0.25, 0.3) is 10.2 Å². The molecular weight excluding hydrogens is 442 g/mol. The minimum absolute atomic E-state index is 0.148. The molecule has 9 heteroatoms. The molecule has 2 aromatic heterocycles. The number of anilines is 1. The quantitative estimate of drug-likeness (QED) is 0.253. The molecule has 1 aliphatic rings. The molecule has 4 aromatic rings. The number of fused-ring (bicyclic) bond motifs is 1. The standard InChI is InChI=1S/C22H12F2N2O3S2/c23-12-4-1-3-11(9-12)18-17(19(27)15-5-2-8-30-15)20(28)21(29)26(18)22-25-14-7-6-13(24)10-16(14)31-22/h1-10,17-18H. The molecule has 2 aromatic carbocycles. The number of hydrogen-bond acceptors (Lipinski definition) is 6. The van der Waals surface area contributed by atoms with Crippen LogP contribution in [0.15, 0.2) is 60.0 Å². The van der Waals surface area contributed by atoms with Crippen LogP contribution < -0.4 is 4.90 Å². The first-order valence-corrected chi connectivity index (χ1v) is 10.9. The lowest BCUT2D eigenvalue weighted by Crippen LogP contribution is -2.30. The van der Waals surface area contributed by atoms with Gasteiger partial charge in [-0.15, -0.1) is 11.3 Å². The Labute approximate surface area is 182 Å². The molecule has 1 saturated heterocycles. The molecule has 0 bridgehead atoms. The van der Waals surface area contributed by atoms with Crippen molar-refractivity contribution in [1.29, 1.82) is 0 Å². The minimum atomic E-state index is -1.34. The summed E-state index contributed by atoms with van der Waals surface area (Å²) in [4.78, 5) is 45.0. The second kappa shape index (κ2) is 7.44. The Kier molecular flexibility index (Phi) is 4.71. The number of Topliss-reactive ketones (excluding diaryl/α,β-unsaturated/α-hetero) is 2. The van der Waals surface area contributed by atoms with Crippen molar-refractivity contribution in [2.45, 2.75) is 6.04 Å². The number of halogens is 2. The summed E-state index contributed by atoms with van der Waals surface area (Å²) in [7, 11) is 0. The van der Waals surface area contributed by atoms with E-state index in [0.29, 0.717) is 20.7 Å². The van der Waals surface area contributed by atoms with Gasteiger partial charge in [0.1, 0.15) is 17.6 Å². The molecule has 2 unspecified atom stereocenters. The lowest BCUT2D eigenvalue weighted by Gasteiger charge is -2.24. The molecule has 5 rings (SSSR count). The Morgan fingerprint density at radius 3 is 2.55 bits per heavy atom. The summed E-state index contributed by atoms with van der Waals surface area (Å²) in [5, 5.41) is 1.85. The number of amides is 1. The van der Waals surface area contributed by atoms with Crippen molar-refractivity contribution in [3.8, 4) is 0 Å². The molecule has 1 amide bonds. The zero-order valence-electron chi connectivity index (χ0n) is 15.6. The highest BCUT2D eigenvalue weighted by molar-refractivity contribution is 7.22. The zero-order chi connectivity index (χ0) is 21.7. The maximum absolute atomic E-state index is 14.0. The van der Waals surface area contributed by atoms with E-state index in [1.165, 1.54) is 36.4 Å². The van der Waals surface area contributed by atoms with Gasteiger partial charge in [0, 0.05) is 0 Å². The van der Waals surface area contributed by atoms with Crippen LogP contribution in [0.1, 0.15) is 21.3 Å². The fourth-order valence-electron chi connectivity index (χ4n) is 3.73. The molecule has 1 aliphatic heterocycles. The summed E-state index contributed by atoms with van der Waals surface area (Å²) in [5.41, 5.74) is 0.757. The number of thiazole rings is 1. The van der Waals surface area contributed by atoms with Gasteiger partial charge in [0.05, 0.1) is 21.1 Å². The van der Waals surface area contributed by atoms with Gasteiger partial charge in [-0.1, -0.05) is 29.5 Å². The molecule has 0 aliphatic carbocycles. The Hall–Kier alpha value is -3.30. The SMILES string of the molecule is O=C1C(=O)N(c2nc3ccc(F)cc3s2)C(c2cccc(F)c2)C1C(=O)c1cccs1. The van der Waals surface area contributed by atoms with E-state index in [9.17, 15) is 23.2 Å². The van der Waals surface area contributed by atoms with Crippen LogP contribution in [0.5, 0.6) is 0 Å². The number of rotatable bonds is 4. The summed E-state index contributed by atoms with van der Waals surface area (Å²) < 4.78 is 28.2. The van der Waals surface area contributed by atoms with Gasteiger partial charge >= 0.3 is 0 Å². The van der Waals surface area contributed by atoms with Crippen LogP contribution in [-0.2, 0) is 9.59 Å². The predicted octanol–water partition coefficient (Wildman–Crippen LogP) is 4.79. The number of benzene rings is 2. The van der Waals surface area contributed by atoms with Crippen molar-refractivity contribution in [3.63, 3.8) is 0 Å². The highest BCUT2D eigenvalue weighted by atomic mass is 32.1. The van der Waals surface area contributed by atoms with Gasteiger partial charge in [-0.25, -0.2) is 13.8 Å². The van der Waals surface area contributed by atoms with Gasteiger partial charge in [0.2, 0.25) is 5.78 Å². The second-order valence-corrected chi connectivity index (χ2v) is 8.92. The maximum Gasteiger partial charge on any atom is 0.297 e. The Balaban J connectivity index is 1.68. The van der Waals surface area contributed by atoms with Gasteiger partial charge in [-0.05, 0) is 47.3 Å². The fourth-order valence-corrected chi connectivity index (χ4v) is 5.46. The number of nitrogens with zero attached hydrogens (tertiary/aromatic N) is 2. The van der Waals surface area contributed by atoms with Crippen molar-refractivity contribution in [3.05, 3.63) is 82.1 Å². The number of ketones is 2. The molecule has 3 heterocycles. The van der Waals surface area contributed by atoms with Gasteiger partial charge in [-0.3, -0.25) is 19.3 Å². The average molecular weight is 454 g/mol. The number of aromatic nitrogens is 1. The topological polar surface area (TPSA) is 67.3 Å². The van der Waals surface area contributed by atoms with Gasteiger partial charge in [0.15, 0.2) is 10.9 Å². The smallest absolute Gasteiger partial charge is 0.292 e. The van der Waals surface area contributed by atoms with E-state index in [-0.39, 0.29) is 5.13 Å². The molecule has 0 spiro atoms. The van der Waals surface area contributed by atoms with Crippen LogP contribution in [0.2, 0.25) is 0 Å². The van der Waals surface area contributed by atoms with Gasteiger partial charge in [-0.2, -0.15) is 0 Å². The molecular formula is C22H12F2N2O3S2. The molecule has 0 saturated carbocycles. The number of thiophene rings is 1. The third kappa shape index (κ3) is 3.26. The first-order chi connectivity index (χ1) is 14.9. The van der Waals surface area contributed by atoms with Gasteiger partial charge in [0.25, 0.3) is 5.91 Å². The van der Waals surface area contributed by atoms with Crippen molar-refractivity contribution in [2.24, 2.45) is 5.92 Å². The van der Waals surface area contributed by atoms with Crippen molar-refractivity contribution >= 4 is 55.5 Å². The van der Waals surface area contributed by atoms with Crippen LogP contribution >= 0.6 is 22.7 Å². The molecule has 5 nitrogen and oxygen atoms in total. The third-order valence-corrected chi connectivity index (χ3v) is 6.99. The summed E-state index contributed by atoms with van der Waals surface area (Å²) in [5.74, 6) is -4.63. The van der Waals surface area contributed by atoms with E-state index in [0.717, 1.165) is 27.6 Å². The van der Waals surface area contributed by atoms with Crippen LogP contribution in [-0.4, -0.2) is 22.5 Å². The molecule has 31 heavy (non-hydrogen) atoms. The first-order valence-electron chi connectivity index (χ1n) is 9.21. The monoisotopic (exact) mass is 454 g/mol. The molecule has 1 fully saturated rings. The second-order valence-electron chi connectivity index (χ2n) is 6.97. The first kappa shape index (κ1) is 19.7. The Bertz CT molecular complexity index is 1350. The number of hydrogen-bond donors (Lipinski definition) is 0. The predicted molar refractivity (Wildman–Crippen MR) is 113 cm³/mol. The number of carbonyl (C=O) groups excluding carboxylic acids is 3. The Morgan fingerprint density at radius 2 is 1.81 bits per heavy atom. The van der Waals surface area contributed by atoms with Crippen LogP contribution in [0.4, 0.5) is 13.9 Å². The van der Waals surface area contributed by atoms with E-state index in [4.69, 9.17) is 0 Å². The summed E-state index contributed by atoms with van der Waals surface area (Å²) in [6.45, 7) is 0. The lowest BCUT2D eigenvalue weighted by molar-refractivity contribution is -0.135. The zero-order valence-corrected chi connectivity index (χ0v) is 17.3. The summed E-state index contributed by atoms with van der Waals surface area (Å²) >= 11 is 2.19. The van der Waals surface area contributed by atoms with E-state index in [2.05, 4.69) is 4.98 Å². The summed E-state index contributed by atoms with van der Waals surface area (Å²) in [6, 6.07) is 11.7. The van der Waals surface area contributed by atoms with Crippen molar-refractivity contribution in [1.82, 2.24) is 4.98 Å². The fraction of sp³-hybridized carbons (Fsp3) is 0.0909. The van der Waals surface area contributed by atoms with E-state index < -0.39 is 41.1 Å². The maximum atomic E-state index is 14.0. The van der Waals surface area contributed by atoms with E-state index >= 15 is 0 Å². The third-order valence-electron chi connectivity index (χ3n) is 5.09. The highest BCUT2D eigenvalue weighted by Crippen LogP contribution is 2.44. The lowest BCUT2D eigenvalue weighted by atomic mass is 9.88. The molecule has 0 radical (unpaired) electrons. The molecule has 154 valence electrons. The van der Waals surface area contributed by atoms with Crippen molar-refractivity contribution in [2.75, 3.05) is 4.90 Å². The van der Waals surface area contributed by atoms with Gasteiger partial charge < -0.3 is 0 Å².